The second-order valence-electron chi connectivity index (χ2n) is 9.99. The van der Waals surface area contributed by atoms with Gasteiger partial charge in [0.2, 0.25) is 5.95 Å². The Labute approximate surface area is 255 Å². The number of rotatable bonds is 2. The van der Waals surface area contributed by atoms with Crippen molar-refractivity contribution in [3.63, 3.8) is 0 Å². The van der Waals surface area contributed by atoms with E-state index >= 15 is 4.39 Å². The minimum Gasteiger partial charge on any atom is -0.382 e. The van der Waals surface area contributed by atoms with Gasteiger partial charge < -0.3 is 20.9 Å². The van der Waals surface area contributed by atoms with Crippen molar-refractivity contribution < 1.29 is 41.1 Å². The highest BCUT2D eigenvalue weighted by atomic mass is 32.7. The minimum atomic E-state index is -4.28. The monoisotopic (exact) mass is 692 g/mol. The lowest BCUT2D eigenvalue weighted by Crippen LogP contribution is -2.33. The molecule has 3 saturated heterocycles. The van der Waals surface area contributed by atoms with Crippen LogP contribution in [-0.4, -0.2) is 82.8 Å². The highest BCUT2D eigenvalue weighted by Crippen LogP contribution is 2.60. The van der Waals surface area contributed by atoms with Gasteiger partial charge in [0.25, 0.3) is 5.56 Å². The van der Waals surface area contributed by atoms with Crippen molar-refractivity contribution in [3.05, 3.63) is 29.3 Å². The molecule has 7 heterocycles. The number of nitrogens with zero attached hydrogens (tertiary/aromatic N) is 7. The van der Waals surface area contributed by atoms with Crippen LogP contribution in [0.2, 0.25) is 0 Å². The number of halogens is 1. The van der Waals surface area contributed by atoms with E-state index in [0.29, 0.717) is 11.2 Å². The molecule has 2 bridgehead atoms. The molecule has 19 nitrogen and oxygen atoms in total. The van der Waals surface area contributed by atoms with Gasteiger partial charge in [0.15, 0.2) is 41.3 Å². The van der Waals surface area contributed by atoms with Crippen molar-refractivity contribution in [3.8, 4) is 0 Å². The fourth-order valence-electron chi connectivity index (χ4n) is 5.26. The number of hydrogen-bond donors (Lipinski definition) is 5. The second-order valence-corrected chi connectivity index (χ2v) is 15.7. The molecule has 1 unspecified atom stereocenters. The molecule has 4 aromatic heterocycles. The molecule has 0 spiro atoms. The molecule has 3 fully saturated rings. The SMILES string of the molecule is Nc1nc2c(ncn2[C@@H]2O[C@@H]3CO[P@](=O)(S)O[C@@H]4CC(CO[P@@](=O)(S)O[C@H]3[C@H]2F)O[C@H]4n2cnc3c(N)ncnc32)c(=O)[nH]1. The molecule has 236 valence electrons. The highest BCUT2D eigenvalue weighted by Gasteiger charge is 2.52. The average Bonchev–Trinajstić information content (AvgIpc) is 3.72. The molecule has 24 heteroatoms. The largest absolute Gasteiger partial charge is 0.386 e. The standard InChI is InChI=1S/C20H23FN10O9P2S2/c21-10-13-9(38-19(10)31-6-27-12-16(31)28-20(23)29-17(12)32)3-36-41(33,43)39-8-1-7(2-35-42(34,44)40-13)37-18(8)30-5-26-11-14(22)24-4-25-15(11)30/h4-10,13,18-19H,1-3H2,(H,33,43)(H,34,44)(H2,22,24,25)(H3,23,28,29,32)/t7?,8-,9-,10-,13-,18-,19-,41+,42-/m1/s1. The summed E-state index contributed by atoms with van der Waals surface area (Å²) >= 11 is 8.16. The van der Waals surface area contributed by atoms with Gasteiger partial charge in [-0.05, 0) is 0 Å². The molecular formula is C20H23FN10O9P2S2. The Morgan fingerprint density at radius 2 is 1.61 bits per heavy atom. The summed E-state index contributed by atoms with van der Waals surface area (Å²) < 4.78 is 79.7. The van der Waals surface area contributed by atoms with E-state index in [-0.39, 0.29) is 36.0 Å². The summed E-state index contributed by atoms with van der Waals surface area (Å²) in [4.78, 5) is 34.9. The van der Waals surface area contributed by atoms with Crippen LogP contribution in [0.5, 0.6) is 0 Å². The molecule has 0 aliphatic carbocycles. The number of nitrogens with two attached hydrogens (primary N) is 2. The maximum absolute atomic E-state index is 16.0. The summed E-state index contributed by atoms with van der Waals surface area (Å²) in [5.74, 6) is -0.107. The van der Waals surface area contributed by atoms with Crippen LogP contribution >= 0.6 is 38.1 Å². The first-order chi connectivity index (χ1) is 20.9. The Bertz CT molecular complexity index is 1910. The fourth-order valence-corrected chi connectivity index (χ4v) is 8.25. The number of ether oxygens (including phenoxy) is 2. The van der Waals surface area contributed by atoms with E-state index in [1.165, 1.54) is 17.2 Å². The second kappa shape index (κ2) is 11.0. The predicted molar refractivity (Wildman–Crippen MR) is 154 cm³/mol. The first kappa shape index (κ1) is 30.0. The third-order valence-corrected chi connectivity index (χ3v) is 10.4. The summed E-state index contributed by atoms with van der Waals surface area (Å²) in [5.41, 5.74) is 11.3. The maximum atomic E-state index is 16.0. The van der Waals surface area contributed by atoms with Gasteiger partial charge in [-0.15, -0.1) is 0 Å². The van der Waals surface area contributed by atoms with Crippen molar-refractivity contribution in [1.82, 2.24) is 39.0 Å². The maximum Gasteiger partial charge on any atom is 0.386 e. The first-order valence-electron chi connectivity index (χ1n) is 12.8. The topological polar surface area (TPSA) is 249 Å². The number of H-pyrrole nitrogens is 1. The molecular weight excluding hydrogens is 669 g/mol. The molecule has 0 amide bonds. The van der Waals surface area contributed by atoms with E-state index in [4.69, 9.17) is 39.0 Å². The summed E-state index contributed by atoms with van der Waals surface area (Å²) in [6.07, 6.45) is -5.42. The number of alkyl halides is 1. The van der Waals surface area contributed by atoms with Gasteiger partial charge >= 0.3 is 13.6 Å². The van der Waals surface area contributed by atoms with Crippen LogP contribution in [0.3, 0.4) is 0 Å². The smallest absolute Gasteiger partial charge is 0.382 e. The van der Waals surface area contributed by atoms with E-state index < -0.39 is 68.8 Å². The number of aromatic nitrogens is 8. The fraction of sp³-hybridized carbons (Fsp3) is 0.500. The predicted octanol–water partition coefficient (Wildman–Crippen LogP) is 1.54. The van der Waals surface area contributed by atoms with E-state index in [0.717, 1.165) is 10.9 Å². The Morgan fingerprint density at radius 1 is 0.909 bits per heavy atom. The van der Waals surface area contributed by atoms with Gasteiger partial charge in [0.05, 0.1) is 32.0 Å². The van der Waals surface area contributed by atoms with Crippen molar-refractivity contribution >= 4 is 72.2 Å². The van der Waals surface area contributed by atoms with Crippen LogP contribution in [0.4, 0.5) is 16.2 Å². The summed E-state index contributed by atoms with van der Waals surface area (Å²) in [6, 6.07) is 0. The number of nitrogens with one attached hydrogen (secondary N) is 1. The van der Waals surface area contributed by atoms with Gasteiger partial charge in [-0.2, -0.15) is 4.98 Å². The lowest BCUT2D eigenvalue weighted by Gasteiger charge is -2.26. The number of hydrogen-bond acceptors (Lipinski definition) is 16. The van der Waals surface area contributed by atoms with E-state index in [1.54, 1.807) is 0 Å². The molecule has 0 aromatic carbocycles. The lowest BCUT2D eigenvalue weighted by molar-refractivity contribution is -0.0561. The third-order valence-electron chi connectivity index (χ3n) is 7.15. The normalized spacial score (nSPS) is 36.6. The molecule has 5 N–H and O–H groups in total. The molecule has 0 saturated carbocycles. The van der Waals surface area contributed by atoms with Crippen LogP contribution in [-0.2, 0) is 36.7 Å². The number of thiol groups is 2. The van der Waals surface area contributed by atoms with Crippen LogP contribution in [0.1, 0.15) is 18.9 Å². The van der Waals surface area contributed by atoms with Gasteiger partial charge in [-0.1, -0.05) is 24.5 Å². The van der Waals surface area contributed by atoms with Gasteiger partial charge in [0.1, 0.15) is 30.2 Å². The number of aromatic amines is 1. The number of imidazole rings is 2. The van der Waals surface area contributed by atoms with Crippen molar-refractivity contribution in [1.29, 1.82) is 0 Å². The number of fused-ring (bicyclic) bond motifs is 5. The molecule has 4 aromatic rings. The zero-order chi connectivity index (χ0) is 31.0. The van der Waals surface area contributed by atoms with Gasteiger partial charge in [0, 0.05) is 6.42 Å². The van der Waals surface area contributed by atoms with E-state index in [1.807, 2.05) is 0 Å². The third kappa shape index (κ3) is 5.42. The van der Waals surface area contributed by atoms with Crippen LogP contribution in [0, 0.1) is 0 Å². The molecule has 9 atom stereocenters. The van der Waals surface area contributed by atoms with Crippen molar-refractivity contribution in [2.24, 2.45) is 0 Å². The van der Waals surface area contributed by atoms with Crippen LogP contribution < -0.4 is 17.0 Å². The average molecular weight is 693 g/mol. The quantitative estimate of drug-likeness (QED) is 0.148. The van der Waals surface area contributed by atoms with Crippen LogP contribution in [0.25, 0.3) is 22.3 Å². The Hall–Kier alpha value is -2.65. The molecule has 7 rings (SSSR count). The molecule has 3 aliphatic heterocycles. The van der Waals surface area contributed by atoms with Crippen molar-refractivity contribution in [2.45, 2.75) is 49.5 Å². The molecule has 0 radical (unpaired) electrons. The van der Waals surface area contributed by atoms with Crippen LogP contribution in [0.15, 0.2) is 23.8 Å². The first-order valence-corrected chi connectivity index (χ1v) is 18.2. The highest BCUT2D eigenvalue weighted by molar-refractivity contribution is 8.44. The van der Waals surface area contributed by atoms with Gasteiger partial charge in [-0.3, -0.25) is 37.0 Å². The Kier molecular flexibility index (Phi) is 7.51. The van der Waals surface area contributed by atoms with Crippen molar-refractivity contribution in [2.75, 3.05) is 24.7 Å². The molecule has 44 heavy (non-hydrogen) atoms. The number of nitrogen functional groups attached to an aromatic ring is 2. The minimum absolute atomic E-state index is 0.0761. The zero-order valence-electron chi connectivity index (χ0n) is 22.0. The summed E-state index contributed by atoms with van der Waals surface area (Å²) in [5, 5.41) is 0. The Morgan fingerprint density at radius 3 is 2.41 bits per heavy atom. The Balaban J connectivity index is 1.19. The van der Waals surface area contributed by atoms with Gasteiger partial charge in [-0.25, -0.2) is 33.5 Å². The van der Waals surface area contributed by atoms with E-state index in [9.17, 15) is 13.9 Å². The number of anilines is 2. The lowest BCUT2D eigenvalue weighted by atomic mass is 10.1. The molecule has 3 aliphatic rings. The summed E-state index contributed by atoms with van der Waals surface area (Å²) in [6.45, 7) is -9.41. The summed E-state index contributed by atoms with van der Waals surface area (Å²) in [7, 11) is 0. The zero-order valence-corrected chi connectivity index (χ0v) is 25.6. The van der Waals surface area contributed by atoms with E-state index in [2.05, 4.69) is 54.4 Å².